The van der Waals surface area contributed by atoms with E-state index in [9.17, 15) is 0 Å². The molecule has 3 heteroatoms. The first kappa shape index (κ1) is 6.34. The Morgan fingerprint density at radius 1 is 1.30 bits per heavy atom. The molecule has 2 unspecified atom stereocenters. The van der Waals surface area contributed by atoms with Crippen molar-refractivity contribution in [3.63, 3.8) is 0 Å². The van der Waals surface area contributed by atoms with Gasteiger partial charge in [-0.15, -0.1) is 0 Å². The summed E-state index contributed by atoms with van der Waals surface area (Å²) in [5.74, 6) is -0.671. The van der Waals surface area contributed by atoms with Crippen molar-refractivity contribution in [2.75, 3.05) is 0 Å². The standard InChI is InChI=1S/C7H12N2O/c8-7(9)5-1-3-6(10-7)4-2-5/h1,3,5-6H,2,4,8-9H2. The van der Waals surface area contributed by atoms with Gasteiger partial charge in [-0.1, -0.05) is 12.2 Å². The maximum Gasteiger partial charge on any atom is 0.176 e. The van der Waals surface area contributed by atoms with Gasteiger partial charge in [0.25, 0.3) is 0 Å². The van der Waals surface area contributed by atoms with Crippen LogP contribution in [0.4, 0.5) is 0 Å². The maximum absolute atomic E-state index is 5.67. The second-order valence-corrected chi connectivity index (χ2v) is 3.08. The van der Waals surface area contributed by atoms with Crippen LogP contribution in [0, 0.1) is 5.92 Å². The van der Waals surface area contributed by atoms with Crippen molar-refractivity contribution in [2.24, 2.45) is 17.4 Å². The van der Waals surface area contributed by atoms with Gasteiger partial charge in [-0.2, -0.15) is 0 Å². The molecule has 2 heterocycles. The number of hydrogen-bond donors (Lipinski definition) is 2. The molecule has 0 radical (unpaired) electrons. The van der Waals surface area contributed by atoms with Crippen molar-refractivity contribution in [2.45, 2.75) is 24.8 Å². The molecule has 1 saturated heterocycles. The summed E-state index contributed by atoms with van der Waals surface area (Å²) in [4.78, 5) is 0. The zero-order valence-corrected chi connectivity index (χ0v) is 5.79. The van der Waals surface area contributed by atoms with Crippen LogP contribution in [-0.4, -0.2) is 12.0 Å². The molecule has 0 aromatic rings. The number of fused-ring (bicyclic) bond motifs is 2. The molecule has 2 atom stereocenters. The van der Waals surface area contributed by atoms with Gasteiger partial charge in [0.15, 0.2) is 5.85 Å². The van der Waals surface area contributed by atoms with Gasteiger partial charge < -0.3 is 4.74 Å². The Morgan fingerprint density at radius 3 is 2.30 bits per heavy atom. The predicted molar refractivity (Wildman–Crippen MR) is 37.8 cm³/mol. The summed E-state index contributed by atoms with van der Waals surface area (Å²) in [6.45, 7) is 0. The van der Waals surface area contributed by atoms with E-state index in [0.29, 0.717) is 0 Å². The topological polar surface area (TPSA) is 61.3 Å². The lowest BCUT2D eigenvalue weighted by Gasteiger charge is -2.43. The molecule has 0 spiro atoms. The lowest BCUT2D eigenvalue weighted by molar-refractivity contribution is -0.137. The Labute approximate surface area is 60.0 Å². The highest BCUT2D eigenvalue weighted by molar-refractivity contribution is 5.08. The van der Waals surface area contributed by atoms with Crippen LogP contribution in [0.1, 0.15) is 12.8 Å². The summed E-state index contributed by atoms with van der Waals surface area (Å²) < 4.78 is 5.34. The molecule has 3 nitrogen and oxygen atoms in total. The predicted octanol–water partition coefficient (Wildman–Crippen LogP) is -0.0774. The van der Waals surface area contributed by atoms with Gasteiger partial charge in [0.1, 0.15) is 0 Å². The number of ether oxygens (including phenoxy) is 1. The smallest absolute Gasteiger partial charge is 0.176 e. The lowest BCUT2D eigenvalue weighted by Crippen LogP contribution is -2.62. The number of nitrogens with two attached hydrogens (primary N) is 2. The van der Waals surface area contributed by atoms with E-state index in [0.717, 1.165) is 12.8 Å². The van der Waals surface area contributed by atoms with Crippen LogP contribution in [0.2, 0.25) is 0 Å². The fraction of sp³-hybridized carbons (Fsp3) is 0.714. The lowest BCUT2D eigenvalue weighted by atomic mass is 9.86. The van der Waals surface area contributed by atoms with Crippen LogP contribution >= 0.6 is 0 Å². The fourth-order valence-corrected chi connectivity index (χ4v) is 1.62. The Kier molecular flexibility index (Phi) is 1.15. The van der Waals surface area contributed by atoms with Crippen molar-refractivity contribution in [3.05, 3.63) is 12.2 Å². The van der Waals surface area contributed by atoms with Crippen molar-refractivity contribution < 1.29 is 4.74 Å². The van der Waals surface area contributed by atoms with Gasteiger partial charge >= 0.3 is 0 Å². The molecule has 1 aliphatic carbocycles. The summed E-state index contributed by atoms with van der Waals surface area (Å²) in [5.41, 5.74) is 11.3. The highest BCUT2D eigenvalue weighted by Crippen LogP contribution is 2.33. The van der Waals surface area contributed by atoms with Crippen LogP contribution in [0.25, 0.3) is 0 Å². The minimum absolute atomic E-state index is 0.167. The van der Waals surface area contributed by atoms with Crippen LogP contribution in [-0.2, 0) is 4.74 Å². The fourth-order valence-electron chi connectivity index (χ4n) is 1.62. The first-order chi connectivity index (χ1) is 4.68. The molecule has 0 amide bonds. The van der Waals surface area contributed by atoms with Crippen LogP contribution in [0.15, 0.2) is 12.2 Å². The molecule has 2 bridgehead atoms. The second kappa shape index (κ2) is 1.81. The monoisotopic (exact) mass is 140 g/mol. The maximum atomic E-state index is 5.67. The zero-order chi connectivity index (χ0) is 7.19. The number of hydrogen-bond acceptors (Lipinski definition) is 3. The highest BCUT2D eigenvalue weighted by atomic mass is 16.5. The Hall–Kier alpha value is -0.380. The molecule has 0 aromatic carbocycles. The number of rotatable bonds is 0. The molecule has 3 rings (SSSR count). The van der Waals surface area contributed by atoms with Gasteiger partial charge in [0.2, 0.25) is 0 Å². The van der Waals surface area contributed by atoms with E-state index in [1.165, 1.54) is 0 Å². The van der Waals surface area contributed by atoms with Gasteiger partial charge in [0, 0.05) is 5.92 Å². The molecule has 10 heavy (non-hydrogen) atoms. The van der Waals surface area contributed by atoms with E-state index in [2.05, 4.69) is 6.08 Å². The molecule has 56 valence electrons. The SMILES string of the molecule is NC1(N)OC2C=CC1CC2. The highest BCUT2D eigenvalue weighted by Gasteiger charge is 2.39. The van der Waals surface area contributed by atoms with E-state index in [4.69, 9.17) is 16.2 Å². The largest absolute Gasteiger partial charge is 0.340 e. The third-order valence-electron chi connectivity index (χ3n) is 2.26. The van der Waals surface area contributed by atoms with E-state index in [-0.39, 0.29) is 12.0 Å². The van der Waals surface area contributed by atoms with Crippen molar-refractivity contribution in [1.29, 1.82) is 0 Å². The van der Waals surface area contributed by atoms with E-state index >= 15 is 0 Å². The van der Waals surface area contributed by atoms with Gasteiger partial charge in [-0.3, -0.25) is 11.5 Å². The van der Waals surface area contributed by atoms with Crippen molar-refractivity contribution in [1.82, 2.24) is 0 Å². The van der Waals surface area contributed by atoms with Crippen LogP contribution in [0.5, 0.6) is 0 Å². The minimum Gasteiger partial charge on any atom is -0.340 e. The van der Waals surface area contributed by atoms with E-state index in [1.54, 1.807) is 0 Å². The zero-order valence-electron chi connectivity index (χ0n) is 5.79. The first-order valence-corrected chi connectivity index (χ1v) is 3.62. The Bertz CT molecular complexity index is 176. The molecular formula is C7H12N2O. The summed E-state index contributed by atoms with van der Waals surface area (Å²) >= 11 is 0. The molecule has 3 aliphatic rings. The summed E-state index contributed by atoms with van der Waals surface area (Å²) in [6, 6.07) is 0. The molecular weight excluding hydrogens is 128 g/mol. The van der Waals surface area contributed by atoms with E-state index in [1.807, 2.05) is 6.08 Å². The quantitative estimate of drug-likeness (QED) is 0.365. The minimum atomic E-state index is -0.891. The average Bonchev–Trinajstić information content (AvgIpc) is 1.87. The third kappa shape index (κ3) is 0.785. The second-order valence-electron chi connectivity index (χ2n) is 3.08. The van der Waals surface area contributed by atoms with E-state index < -0.39 is 5.85 Å². The molecule has 0 saturated carbocycles. The average molecular weight is 140 g/mol. The van der Waals surface area contributed by atoms with Gasteiger partial charge in [-0.05, 0) is 12.8 Å². The molecule has 2 aliphatic heterocycles. The third-order valence-corrected chi connectivity index (χ3v) is 2.26. The van der Waals surface area contributed by atoms with Gasteiger partial charge in [0.05, 0.1) is 6.10 Å². The molecule has 0 aromatic heterocycles. The molecule has 1 fully saturated rings. The summed E-state index contributed by atoms with van der Waals surface area (Å²) in [7, 11) is 0. The van der Waals surface area contributed by atoms with Crippen LogP contribution < -0.4 is 11.5 Å². The van der Waals surface area contributed by atoms with Crippen molar-refractivity contribution in [3.8, 4) is 0 Å². The summed E-state index contributed by atoms with van der Waals surface area (Å²) in [5, 5.41) is 0. The Balaban J connectivity index is 2.27. The van der Waals surface area contributed by atoms with Gasteiger partial charge in [-0.25, -0.2) is 0 Å². The molecule has 4 N–H and O–H groups in total. The van der Waals surface area contributed by atoms with Crippen molar-refractivity contribution >= 4 is 0 Å². The first-order valence-electron chi connectivity index (χ1n) is 3.62. The Morgan fingerprint density at radius 2 is 2.10 bits per heavy atom. The summed E-state index contributed by atoms with van der Waals surface area (Å²) in [6.07, 6.45) is 6.41. The normalized spacial score (nSPS) is 42.2. The van der Waals surface area contributed by atoms with Crippen LogP contribution in [0.3, 0.4) is 0 Å².